The zero-order chi connectivity index (χ0) is 13.9. The van der Waals surface area contributed by atoms with Gasteiger partial charge in [-0.3, -0.25) is 0 Å². The Balaban J connectivity index is 2.05. The maximum absolute atomic E-state index is 2.30. The monoisotopic (exact) mass is 280 g/mol. The largest absolute Gasteiger partial charge is 0.225 e. The van der Waals surface area contributed by atoms with Crippen molar-refractivity contribution >= 4 is 11.3 Å². The van der Waals surface area contributed by atoms with E-state index in [0.29, 0.717) is 0 Å². The predicted octanol–water partition coefficient (Wildman–Crippen LogP) is 4.70. The van der Waals surface area contributed by atoms with E-state index in [1.165, 1.54) is 27.3 Å². The molecular weight excluding hydrogens is 262 g/mol. The molecule has 0 spiro atoms. The van der Waals surface area contributed by atoms with E-state index in [9.17, 15) is 0 Å². The van der Waals surface area contributed by atoms with E-state index < -0.39 is 0 Å². The molecule has 0 atom stereocenters. The molecule has 0 saturated heterocycles. The Hall–Kier alpha value is -1.93. The number of hydrogen-bond donors (Lipinski definition) is 0. The molecular formula is C18H18NS+. The molecule has 2 heteroatoms. The molecule has 0 aliphatic heterocycles. The fraction of sp³-hybridized carbons (Fsp3) is 0.167. The van der Waals surface area contributed by atoms with Crippen LogP contribution in [-0.4, -0.2) is 0 Å². The molecule has 2 aromatic carbocycles. The van der Waals surface area contributed by atoms with E-state index >= 15 is 0 Å². The van der Waals surface area contributed by atoms with Gasteiger partial charge in [0, 0.05) is 6.92 Å². The van der Waals surface area contributed by atoms with Crippen LogP contribution in [0.15, 0.2) is 60.1 Å². The Morgan fingerprint density at radius 1 is 0.900 bits per heavy atom. The lowest BCUT2D eigenvalue weighted by Gasteiger charge is -2.04. The molecule has 100 valence electrons. The van der Waals surface area contributed by atoms with Crippen LogP contribution in [0.4, 0.5) is 0 Å². The van der Waals surface area contributed by atoms with Crippen molar-refractivity contribution < 1.29 is 4.57 Å². The van der Waals surface area contributed by atoms with Gasteiger partial charge in [0.05, 0.1) is 0 Å². The second kappa shape index (κ2) is 5.59. The molecule has 0 aliphatic carbocycles. The number of benzene rings is 2. The summed E-state index contributed by atoms with van der Waals surface area (Å²) in [7, 11) is 0. The van der Waals surface area contributed by atoms with Crippen molar-refractivity contribution in [2.75, 3.05) is 0 Å². The van der Waals surface area contributed by atoms with Crippen LogP contribution in [0.3, 0.4) is 0 Å². The van der Waals surface area contributed by atoms with E-state index in [1.807, 2.05) is 11.3 Å². The lowest BCUT2D eigenvalue weighted by Crippen LogP contribution is -2.32. The molecule has 1 heterocycles. The minimum absolute atomic E-state index is 1.03. The number of aromatic nitrogens is 1. The maximum atomic E-state index is 2.30. The fourth-order valence-electron chi connectivity index (χ4n) is 2.47. The van der Waals surface area contributed by atoms with Gasteiger partial charge in [-0.25, -0.2) is 0 Å². The van der Waals surface area contributed by atoms with Crippen molar-refractivity contribution in [3.63, 3.8) is 0 Å². The third-order valence-electron chi connectivity index (χ3n) is 3.63. The van der Waals surface area contributed by atoms with E-state index in [0.717, 1.165) is 6.54 Å². The number of thiazole rings is 1. The second-order valence-electron chi connectivity index (χ2n) is 4.87. The highest BCUT2D eigenvalue weighted by Gasteiger charge is 2.15. The topological polar surface area (TPSA) is 3.88 Å². The summed E-state index contributed by atoms with van der Waals surface area (Å²) in [6.07, 6.45) is 0. The van der Waals surface area contributed by atoms with Gasteiger partial charge in [0.15, 0.2) is 5.69 Å². The van der Waals surface area contributed by atoms with Crippen molar-refractivity contribution in [3.8, 4) is 21.6 Å². The highest BCUT2D eigenvalue weighted by Crippen LogP contribution is 2.30. The lowest BCUT2D eigenvalue weighted by atomic mass is 10.0. The lowest BCUT2D eigenvalue weighted by molar-refractivity contribution is -0.694. The van der Waals surface area contributed by atoms with Crippen molar-refractivity contribution in [1.29, 1.82) is 0 Å². The number of rotatable bonds is 3. The Labute approximate surface area is 124 Å². The first-order valence-corrected chi connectivity index (χ1v) is 7.81. The van der Waals surface area contributed by atoms with Crippen molar-refractivity contribution in [2.24, 2.45) is 0 Å². The minimum Gasteiger partial charge on any atom is -0.193 e. The summed E-state index contributed by atoms with van der Waals surface area (Å²) in [5.74, 6) is 0. The molecule has 0 saturated carbocycles. The smallest absolute Gasteiger partial charge is 0.193 e. The first-order valence-electron chi connectivity index (χ1n) is 6.93. The predicted molar refractivity (Wildman–Crippen MR) is 85.8 cm³/mol. The normalized spacial score (nSPS) is 10.7. The molecule has 0 fully saturated rings. The maximum Gasteiger partial charge on any atom is 0.225 e. The highest BCUT2D eigenvalue weighted by molar-refractivity contribution is 7.13. The van der Waals surface area contributed by atoms with Crippen LogP contribution in [0.2, 0.25) is 0 Å². The van der Waals surface area contributed by atoms with Gasteiger partial charge in [-0.15, -0.1) is 0 Å². The Bertz CT molecular complexity index is 713. The molecule has 0 radical (unpaired) electrons. The van der Waals surface area contributed by atoms with Crippen molar-refractivity contribution in [3.05, 3.63) is 65.8 Å². The highest BCUT2D eigenvalue weighted by atomic mass is 32.1. The molecule has 0 N–H and O–H groups in total. The molecule has 0 amide bonds. The Morgan fingerprint density at radius 3 is 2.30 bits per heavy atom. The van der Waals surface area contributed by atoms with Gasteiger partial charge in [-0.05, 0) is 29.7 Å². The minimum atomic E-state index is 1.03. The van der Waals surface area contributed by atoms with Gasteiger partial charge < -0.3 is 0 Å². The van der Waals surface area contributed by atoms with Gasteiger partial charge >= 0.3 is 0 Å². The molecule has 3 rings (SSSR count). The van der Waals surface area contributed by atoms with Crippen LogP contribution in [0.5, 0.6) is 0 Å². The summed E-state index contributed by atoms with van der Waals surface area (Å²) in [5, 5.41) is 0. The summed E-state index contributed by atoms with van der Waals surface area (Å²) < 4.78 is 2.30. The molecule has 3 aromatic rings. The standard InChI is InChI=1S/C18H18NS/c1-3-19-13-20-18(14(19)2)17-11-7-10-16(12-17)15-8-5-4-6-9-15/h4-13H,3H2,1-2H3/q+1. The first kappa shape index (κ1) is 13.1. The number of nitrogens with zero attached hydrogens (tertiary/aromatic N) is 1. The summed E-state index contributed by atoms with van der Waals surface area (Å²) in [6, 6.07) is 19.4. The van der Waals surface area contributed by atoms with E-state index in [2.05, 4.69) is 78.5 Å². The van der Waals surface area contributed by atoms with E-state index in [-0.39, 0.29) is 0 Å². The molecule has 0 unspecified atom stereocenters. The first-order chi connectivity index (χ1) is 9.79. The third kappa shape index (κ3) is 2.39. The summed E-state index contributed by atoms with van der Waals surface area (Å²) in [6.45, 7) is 5.41. The van der Waals surface area contributed by atoms with E-state index in [1.54, 1.807) is 0 Å². The third-order valence-corrected chi connectivity index (χ3v) is 4.76. The van der Waals surface area contributed by atoms with Gasteiger partial charge in [0.2, 0.25) is 5.51 Å². The second-order valence-corrected chi connectivity index (χ2v) is 5.73. The zero-order valence-corrected chi connectivity index (χ0v) is 12.7. The molecule has 0 bridgehead atoms. The molecule has 1 aromatic heterocycles. The Kier molecular flexibility index (Phi) is 3.66. The fourth-order valence-corrected chi connectivity index (χ4v) is 3.56. The van der Waals surface area contributed by atoms with Crippen molar-refractivity contribution in [1.82, 2.24) is 0 Å². The zero-order valence-electron chi connectivity index (χ0n) is 11.8. The average molecular weight is 280 g/mol. The van der Waals surface area contributed by atoms with Crippen molar-refractivity contribution in [2.45, 2.75) is 20.4 Å². The molecule has 1 nitrogen and oxygen atoms in total. The SMILES string of the molecule is CC[n+]1csc(-c2cccc(-c3ccccc3)c2)c1C. The summed E-state index contributed by atoms with van der Waals surface area (Å²) >= 11 is 1.82. The van der Waals surface area contributed by atoms with Crippen LogP contribution in [0.1, 0.15) is 12.6 Å². The van der Waals surface area contributed by atoms with Gasteiger partial charge in [0.1, 0.15) is 11.4 Å². The van der Waals surface area contributed by atoms with E-state index in [4.69, 9.17) is 0 Å². The average Bonchev–Trinajstić information content (AvgIpc) is 2.89. The van der Waals surface area contributed by atoms with Crippen LogP contribution < -0.4 is 4.57 Å². The van der Waals surface area contributed by atoms with Crippen LogP contribution >= 0.6 is 11.3 Å². The van der Waals surface area contributed by atoms with Crippen LogP contribution in [-0.2, 0) is 6.54 Å². The van der Waals surface area contributed by atoms with Crippen LogP contribution in [0.25, 0.3) is 21.6 Å². The van der Waals surface area contributed by atoms with Gasteiger partial charge in [-0.1, -0.05) is 59.9 Å². The quantitative estimate of drug-likeness (QED) is 0.612. The molecule has 20 heavy (non-hydrogen) atoms. The number of aryl methyl sites for hydroxylation is 1. The molecule has 0 aliphatic rings. The van der Waals surface area contributed by atoms with Gasteiger partial charge in [-0.2, -0.15) is 4.57 Å². The summed E-state index contributed by atoms with van der Waals surface area (Å²) in [4.78, 5) is 1.37. The Morgan fingerprint density at radius 2 is 1.60 bits per heavy atom. The summed E-state index contributed by atoms with van der Waals surface area (Å²) in [5.41, 5.74) is 7.41. The van der Waals surface area contributed by atoms with Gasteiger partial charge in [0.25, 0.3) is 0 Å². The van der Waals surface area contributed by atoms with Crippen LogP contribution in [0, 0.1) is 6.92 Å². The number of hydrogen-bond acceptors (Lipinski definition) is 1.